The first kappa shape index (κ1) is 10.5. The first-order valence-corrected chi connectivity index (χ1v) is 5.39. The van der Waals surface area contributed by atoms with E-state index in [4.69, 9.17) is 0 Å². The molecule has 86 valence electrons. The number of pyridine rings is 1. The summed E-state index contributed by atoms with van der Waals surface area (Å²) < 4.78 is 15.0. The second kappa shape index (κ2) is 4.30. The Morgan fingerprint density at radius 1 is 1.06 bits per heavy atom. The van der Waals surface area contributed by atoms with Crippen LogP contribution in [-0.4, -0.2) is 14.6 Å². The number of nitrogens with zero attached hydrogens (tertiary/aromatic N) is 3. The fourth-order valence-electron chi connectivity index (χ4n) is 1.59. The van der Waals surface area contributed by atoms with Crippen LogP contribution in [0.4, 0.5) is 4.39 Å². The highest BCUT2D eigenvalue weighted by Crippen LogP contribution is 2.05. The first-order valence-electron chi connectivity index (χ1n) is 5.39. The van der Waals surface area contributed by atoms with Crippen LogP contribution in [0.1, 0.15) is 11.1 Å². The van der Waals surface area contributed by atoms with Crippen molar-refractivity contribution in [3.63, 3.8) is 0 Å². The zero-order valence-electron chi connectivity index (χ0n) is 9.34. The molecule has 0 unspecified atom stereocenters. The Kier molecular flexibility index (Phi) is 2.50. The van der Waals surface area contributed by atoms with Gasteiger partial charge in [0, 0.05) is 11.8 Å². The molecule has 0 saturated carbocycles. The lowest BCUT2D eigenvalue weighted by atomic mass is 10.2. The lowest BCUT2D eigenvalue weighted by Crippen LogP contribution is -1.88. The van der Waals surface area contributed by atoms with Crippen LogP contribution in [0.5, 0.6) is 0 Å². The minimum Gasteiger partial charge on any atom is -0.220 e. The molecule has 2 aromatic heterocycles. The van der Waals surface area contributed by atoms with Crippen LogP contribution in [0.3, 0.4) is 0 Å². The van der Waals surface area contributed by atoms with Gasteiger partial charge in [-0.1, -0.05) is 24.0 Å². The van der Waals surface area contributed by atoms with Crippen LogP contribution < -0.4 is 0 Å². The molecule has 0 aliphatic heterocycles. The molecule has 0 amide bonds. The van der Waals surface area contributed by atoms with E-state index in [-0.39, 0.29) is 5.82 Å². The molecule has 0 spiro atoms. The van der Waals surface area contributed by atoms with Gasteiger partial charge in [-0.3, -0.25) is 0 Å². The molecule has 1 aromatic carbocycles. The van der Waals surface area contributed by atoms with Crippen LogP contribution in [0.15, 0.2) is 48.9 Å². The smallest absolute Gasteiger partial charge is 0.155 e. The molecule has 4 heteroatoms. The average molecular weight is 237 g/mol. The Bertz CT molecular complexity index is 765. The molecule has 0 atom stereocenters. The molecule has 0 N–H and O–H groups in total. The summed E-state index contributed by atoms with van der Waals surface area (Å²) in [4.78, 5) is 4.04. The van der Waals surface area contributed by atoms with Crippen molar-refractivity contribution in [2.45, 2.75) is 0 Å². The molecule has 2 heterocycles. The number of aromatic nitrogens is 3. The summed E-state index contributed by atoms with van der Waals surface area (Å²) in [5.74, 6) is 5.39. The highest BCUT2D eigenvalue weighted by Gasteiger charge is 1.97. The van der Waals surface area contributed by atoms with Gasteiger partial charge in [0.05, 0.1) is 5.56 Å². The lowest BCUT2D eigenvalue weighted by Gasteiger charge is -1.93. The maximum Gasteiger partial charge on any atom is 0.155 e. The molecule has 3 nitrogen and oxygen atoms in total. The second-order valence-electron chi connectivity index (χ2n) is 3.71. The third-order valence-electron chi connectivity index (χ3n) is 2.49. The van der Waals surface area contributed by atoms with Crippen molar-refractivity contribution < 1.29 is 4.39 Å². The van der Waals surface area contributed by atoms with Crippen LogP contribution >= 0.6 is 0 Å². The van der Waals surface area contributed by atoms with Crippen molar-refractivity contribution in [1.82, 2.24) is 14.6 Å². The van der Waals surface area contributed by atoms with E-state index in [0.717, 1.165) is 11.2 Å². The van der Waals surface area contributed by atoms with E-state index in [1.807, 2.05) is 12.1 Å². The number of hydrogen-bond acceptors (Lipinski definition) is 2. The number of hydrogen-bond donors (Lipinski definition) is 0. The van der Waals surface area contributed by atoms with E-state index in [9.17, 15) is 4.39 Å². The normalized spacial score (nSPS) is 10.1. The molecule has 0 saturated heterocycles. The molecule has 3 aromatic rings. The third kappa shape index (κ3) is 1.94. The first-order chi connectivity index (χ1) is 8.83. The highest BCUT2D eigenvalue weighted by atomic mass is 19.1. The van der Waals surface area contributed by atoms with Crippen molar-refractivity contribution >= 4 is 5.65 Å². The topological polar surface area (TPSA) is 30.2 Å². The summed E-state index contributed by atoms with van der Waals surface area (Å²) in [5, 5.41) is 4.02. The molecule has 0 radical (unpaired) electrons. The average Bonchev–Trinajstić information content (AvgIpc) is 2.85. The monoisotopic (exact) mass is 237 g/mol. The SMILES string of the molecule is Fc1ccccc1C#Cc1ccc2ncnn2c1. The maximum absolute atomic E-state index is 13.4. The Hall–Kier alpha value is -2.67. The van der Waals surface area contributed by atoms with Gasteiger partial charge in [-0.05, 0) is 24.3 Å². The van der Waals surface area contributed by atoms with Crippen molar-refractivity contribution in [2.75, 3.05) is 0 Å². The van der Waals surface area contributed by atoms with Crippen LogP contribution in [0.2, 0.25) is 0 Å². The summed E-state index contributed by atoms with van der Waals surface area (Å²) in [6.45, 7) is 0. The van der Waals surface area contributed by atoms with Gasteiger partial charge in [0.1, 0.15) is 12.1 Å². The van der Waals surface area contributed by atoms with E-state index in [1.54, 1.807) is 28.9 Å². The Morgan fingerprint density at radius 3 is 2.83 bits per heavy atom. The van der Waals surface area contributed by atoms with Crippen molar-refractivity contribution in [2.24, 2.45) is 0 Å². The Balaban J connectivity index is 2.00. The molecule has 0 aliphatic carbocycles. The van der Waals surface area contributed by atoms with E-state index >= 15 is 0 Å². The van der Waals surface area contributed by atoms with E-state index in [1.165, 1.54) is 12.4 Å². The number of fused-ring (bicyclic) bond motifs is 1. The van der Waals surface area contributed by atoms with Gasteiger partial charge in [-0.2, -0.15) is 5.10 Å². The molecule has 0 bridgehead atoms. The van der Waals surface area contributed by atoms with Gasteiger partial charge in [0.2, 0.25) is 0 Å². The molecule has 3 rings (SSSR count). The standard InChI is InChI=1S/C14H8FN3/c15-13-4-2-1-3-12(13)7-5-11-6-8-14-16-10-17-18(14)9-11/h1-4,6,8-10H. The minimum absolute atomic E-state index is 0.313. The molecule has 18 heavy (non-hydrogen) atoms. The van der Waals surface area contributed by atoms with Crippen LogP contribution in [0, 0.1) is 17.7 Å². The number of rotatable bonds is 0. The van der Waals surface area contributed by atoms with E-state index < -0.39 is 0 Å². The number of halogens is 1. The summed E-state index contributed by atoms with van der Waals surface area (Å²) in [6.07, 6.45) is 3.24. The molecular formula is C14H8FN3. The second-order valence-corrected chi connectivity index (χ2v) is 3.71. The Morgan fingerprint density at radius 2 is 1.94 bits per heavy atom. The minimum atomic E-state index is -0.313. The summed E-state index contributed by atoms with van der Waals surface area (Å²) in [5.41, 5.74) is 1.90. The summed E-state index contributed by atoms with van der Waals surface area (Å²) in [7, 11) is 0. The zero-order chi connectivity index (χ0) is 12.4. The maximum atomic E-state index is 13.4. The van der Waals surface area contributed by atoms with Crippen molar-refractivity contribution in [3.05, 3.63) is 65.9 Å². The quantitative estimate of drug-likeness (QED) is 0.561. The third-order valence-corrected chi connectivity index (χ3v) is 2.49. The van der Waals surface area contributed by atoms with Crippen molar-refractivity contribution in [1.29, 1.82) is 0 Å². The van der Waals surface area contributed by atoms with Crippen molar-refractivity contribution in [3.8, 4) is 11.8 Å². The molecule has 0 aliphatic rings. The number of benzene rings is 1. The van der Waals surface area contributed by atoms with Gasteiger partial charge in [0.15, 0.2) is 5.65 Å². The van der Waals surface area contributed by atoms with Gasteiger partial charge in [-0.15, -0.1) is 0 Å². The van der Waals surface area contributed by atoms with Crippen LogP contribution in [-0.2, 0) is 0 Å². The summed E-state index contributed by atoms with van der Waals surface area (Å²) in [6, 6.07) is 10.1. The molecular weight excluding hydrogens is 229 g/mol. The van der Waals surface area contributed by atoms with Gasteiger partial charge in [-0.25, -0.2) is 13.9 Å². The fraction of sp³-hybridized carbons (Fsp3) is 0. The fourth-order valence-corrected chi connectivity index (χ4v) is 1.59. The van der Waals surface area contributed by atoms with Gasteiger partial charge >= 0.3 is 0 Å². The highest BCUT2D eigenvalue weighted by molar-refractivity contribution is 5.46. The zero-order valence-corrected chi connectivity index (χ0v) is 9.34. The lowest BCUT2D eigenvalue weighted by molar-refractivity contribution is 0.624. The van der Waals surface area contributed by atoms with E-state index in [0.29, 0.717) is 5.56 Å². The van der Waals surface area contributed by atoms with Gasteiger partial charge < -0.3 is 0 Å². The molecule has 0 fully saturated rings. The predicted octanol–water partition coefficient (Wildman–Crippen LogP) is 2.27. The van der Waals surface area contributed by atoms with Gasteiger partial charge in [0.25, 0.3) is 0 Å². The largest absolute Gasteiger partial charge is 0.220 e. The Labute approximate surface area is 103 Å². The predicted molar refractivity (Wildman–Crippen MR) is 65.4 cm³/mol. The van der Waals surface area contributed by atoms with Crippen LogP contribution in [0.25, 0.3) is 5.65 Å². The van der Waals surface area contributed by atoms with E-state index in [2.05, 4.69) is 21.9 Å². The summed E-state index contributed by atoms with van der Waals surface area (Å²) >= 11 is 0.